The van der Waals surface area contributed by atoms with E-state index >= 15 is 0 Å². The number of nitrogens with one attached hydrogen (secondary N) is 1. The van der Waals surface area contributed by atoms with Gasteiger partial charge in [0, 0.05) is 43.0 Å². The minimum Gasteiger partial charge on any atom is -0.475 e. The number of methoxy groups -OCH3 is 1. The summed E-state index contributed by atoms with van der Waals surface area (Å²) >= 11 is 1.64. The quantitative estimate of drug-likeness (QED) is 0.544. The first-order chi connectivity index (χ1) is 15.6. The highest BCUT2D eigenvalue weighted by Crippen LogP contribution is 2.29. The number of carbonyl (C=O) groups is 2. The van der Waals surface area contributed by atoms with Gasteiger partial charge in [-0.05, 0) is 31.4 Å². The Morgan fingerprint density at radius 3 is 2.45 bits per heavy atom. The van der Waals surface area contributed by atoms with Crippen LogP contribution in [0.1, 0.15) is 42.7 Å². The van der Waals surface area contributed by atoms with Crippen LogP contribution in [0.2, 0.25) is 0 Å². The molecule has 0 amide bonds. The lowest BCUT2D eigenvalue weighted by atomic mass is 9.86. The average Bonchev–Trinajstić information content (AvgIpc) is 3.49. The SMILES string of the molecule is CO[C@@H]([C@@H]1CCCN1)[C@@H](C)C(=O)C[C@@H](Cc1ccccc1)c1nccs1.O=C(O)C(F)(F)F. The number of Topliss-reactive ketones (excluding diaryl/α,β-unsaturated/α-hetero) is 1. The summed E-state index contributed by atoms with van der Waals surface area (Å²) in [6.45, 7) is 3.03. The van der Waals surface area contributed by atoms with Gasteiger partial charge in [-0.25, -0.2) is 9.78 Å². The third-order valence-corrected chi connectivity index (χ3v) is 6.52. The van der Waals surface area contributed by atoms with E-state index in [2.05, 4.69) is 22.4 Å². The Bertz CT molecular complexity index is 856. The number of aliphatic carboxylic acids is 1. The zero-order chi connectivity index (χ0) is 24.4. The summed E-state index contributed by atoms with van der Waals surface area (Å²) in [5.74, 6) is -2.48. The van der Waals surface area contributed by atoms with Crippen molar-refractivity contribution in [1.82, 2.24) is 10.3 Å². The van der Waals surface area contributed by atoms with E-state index in [4.69, 9.17) is 14.6 Å². The molecular weight excluding hydrogens is 457 g/mol. The normalized spacial score (nSPS) is 18.6. The molecule has 0 aliphatic carbocycles. The molecule has 4 atom stereocenters. The van der Waals surface area contributed by atoms with E-state index in [9.17, 15) is 18.0 Å². The Morgan fingerprint density at radius 1 is 1.30 bits per heavy atom. The molecule has 1 aliphatic rings. The Labute approximate surface area is 195 Å². The molecule has 0 radical (unpaired) electrons. The monoisotopic (exact) mass is 486 g/mol. The molecule has 6 nitrogen and oxygen atoms in total. The van der Waals surface area contributed by atoms with Crippen LogP contribution >= 0.6 is 11.3 Å². The molecule has 1 fully saturated rings. The van der Waals surface area contributed by atoms with Gasteiger partial charge < -0.3 is 15.2 Å². The predicted molar refractivity (Wildman–Crippen MR) is 119 cm³/mol. The zero-order valence-electron chi connectivity index (χ0n) is 18.5. The first-order valence-electron chi connectivity index (χ1n) is 10.7. The van der Waals surface area contributed by atoms with Gasteiger partial charge in [-0.15, -0.1) is 11.3 Å². The van der Waals surface area contributed by atoms with Crippen molar-refractivity contribution in [3.63, 3.8) is 0 Å². The van der Waals surface area contributed by atoms with Gasteiger partial charge in [0.15, 0.2) is 0 Å². The van der Waals surface area contributed by atoms with Crippen molar-refractivity contribution in [2.45, 2.75) is 56.8 Å². The molecule has 10 heteroatoms. The van der Waals surface area contributed by atoms with E-state index in [1.807, 2.05) is 36.7 Å². The van der Waals surface area contributed by atoms with Crippen LogP contribution in [0.15, 0.2) is 41.9 Å². The van der Waals surface area contributed by atoms with Crippen LogP contribution in [-0.4, -0.2) is 53.8 Å². The van der Waals surface area contributed by atoms with E-state index in [0.717, 1.165) is 30.8 Å². The lowest BCUT2D eigenvalue weighted by molar-refractivity contribution is -0.192. The van der Waals surface area contributed by atoms with Gasteiger partial charge in [-0.3, -0.25) is 4.79 Å². The second kappa shape index (κ2) is 12.8. The fraction of sp³-hybridized carbons (Fsp3) is 0.522. The largest absolute Gasteiger partial charge is 0.490 e. The molecule has 2 heterocycles. The predicted octanol–water partition coefficient (Wildman–Crippen LogP) is 4.47. The highest BCUT2D eigenvalue weighted by molar-refractivity contribution is 7.09. The summed E-state index contributed by atoms with van der Waals surface area (Å²) in [5, 5.41) is 13.6. The highest BCUT2D eigenvalue weighted by Gasteiger charge is 2.38. The number of hydrogen-bond donors (Lipinski definition) is 2. The van der Waals surface area contributed by atoms with E-state index < -0.39 is 12.1 Å². The fourth-order valence-electron chi connectivity index (χ4n) is 3.90. The maximum atomic E-state index is 13.1. The molecule has 1 saturated heterocycles. The Morgan fingerprint density at radius 2 is 1.97 bits per heavy atom. The molecular formula is C23H29F3N2O4S. The number of benzene rings is 1. The van der Waals surface area contributed by atoms with E-state index in [0.29, 0.717) is 6.42 Å². The maximum Gasteiger partial charge on any atom is 0.490 e. The lowest BCUT2D eigenvalue weighted by Gasteiger charge is -2.28. The van der Waals surface area contributed by atoms with Gasteiger partial charge in [-0.2, -0.15) is 13.2 Å². The summed E-state index contributed by atoms with van der Waals surface area (Å²) in [4.78, 5) is 26.5. The molecule has 182 valence electrons. The molecule has 3 rings (SSSR count). The van der Waals surface area contributed by atoms with Gasteiger partial charge >= 0.3 is 12.1 Å². The van der Waals surface area contributed by atoms with Gasteiger partial charge in [0.25, 0.3) is 0 Å². The highest BCUT2D eigenvalue weighted by atomic mass is 32.1. The number of halogens is 3. The second-order valence-corrected chi connectivity index (χ2v) is 8.85. The number of carboxylic acid groups (broad SMARTS) is 1. The zero-order valence-corrected chi connectivity index (χ0v) is 19.4. The lowest BCUT2D eigenvalue weighted by Crippen LogP contribution is -2.43. The van der Waals surface area contributed by atoms with Crippen LogP contribution in [0.25, 0.3) is 0 Å². The third kappa shape index (κ3) is 8.53. The van der Waals surface area contributed by atoms with Crippen molar-refractivity contribution < 1.29 is 32.6 Å². The number of ketones is 1. The molecule has 1 aromatic carbocycles. The molecule has 0 unspecified atom stereocenters. The molecule has 0 bridgehead atoms. The molecule has 0 saturated carbocycles. The van der Waals surface area contributed by atoms with Crippen LogP contribution < -0.4 is 5.32 Å². The molecule has 2 aromatic rings. The van der Waals surface area contributed by atoms with E-state index in [1.165, 1.54) is 5.56 Å². The van der Waals surface area contributed by atoms with Crippen molar-refractivity contribution in [3.05, 3.63) is 52.5 Å². The van der Waals surface area contributed by atoms with Crippen molar-refractivity contribution >= 4 is 23.1 Å². The molecule has 33 heavy (non-hydrogen) atoms. The Hall–Kier alpha value is -2.30. The minimum absolute atomic E-state index is 0.0568. The smallest absolute Gasteiger partial charge is 0.475 e. The molecule has 2 N–H and O–H groups in total. The van der Waals surface area contributed by atoms with Gasteiger partial charge in [-0.1, -0.05) is 37.3 Å². The van der Waals surface area contributed by atoms with Crippen LogP contribution in [-0.2, 0) is 20.7 Å². The van der Waals surface area contributed by atoms with Crippen molar-refractivity contribution in [3.8, 4) is 0 Å². The number of aromatic nitrogens is 1. The second-order valence-electron chi connectivity index (χ2n) is 7.92. The van der Waals surface area contributed by atoms with Gasteiger partial charge in [0.1, 0.15) is 5.78 Å². The van der Waals surface area contributed by atoms with Gasteiger partial charge in [0.2, 0.25) is 0 Å². The first kappa shape index (κ1) is 26.9. The van der Waals surface area contributed by atoms with Crippen LogP contribution in [0.3, 0.4) is 0 Å². The minimum atomic E-state index is -5.08. The maximum absolute atomic E-state index is 13.1. The van der Waals surface area contributed by atoms with Crippen LogP contribution in [0.5, 0.6) is 0 Å². The van der Waals surface area contributed by atoms with Crippen LogP contribution in [0, 0.1) is 5.92 Å². The number of hydrogen-bond acceptors (Lipinski definition) is 6. The molecule has 1 aliphatic heterocycles. The standard InChI is InChI=1S/C21H28N2O2S.C2HF3O2/c1-15(20(25-2)18-9-6-10-22-18)19(24)14-17(21-23-11-12-26-21)13-16-7-4-3-5-8-16;3-2(4,5)1(6)7/h3-5,7-8,11-12,15,17-18,20,22H,6,9-10,13-14H2,1-2H3;(H,6,7)/t15-,17+,18-,20+;/m0./s1. The van der Waals surface area contributed by atoms with Crippen molar-refractivity contribution in [2.24, 2.45) is 5.92 Å². The number of thiazole rings is 1. The van der Waals surface area contributed by atoms with Crippen LogP contribution in [0.4, 0.5) is 13.2 Å². The van der Waals surface area contributed by atoms with Crippen molar-refractivity contribution in [2.75, 3.05) is 13.7 Å². The fourth-order valence-corrected chi connectivity index (χ4v) is 4.64. The summed E-state index contributed by atoms with van der Waals surface area (Å²) < 4.78 is 37.4. The number of nitrogens with zero attached hydrogens (tertiary/aromatic N) is 1. The topological polar surface area (TPSA) is 88.5 Å². The Kier molecular flexibility index (Phi) is 10.5. The first-order valence-corrected chi connectivity index (χ1v) is 11.5. The number of rotatable bonds is 9. The third-order valence-electron chi connectivity index (χ3n) is 5.58. The number of alkyl halides is 3. The average molecular weight is 487 g/mol. The molecule has 1 aromatic heterocycles. The Balaban J connectivity index is 0.000000479. The summed E-state index contributed by atoms with van der Waals surface area (Å²) in [6, 6.07) is 10.6. The summed E-state index contributed by atoms with van der Waals surface area (Å²) in [5.41, 5.74) is 1.24. The number of ether oxygens (including phenoxy) is 1. The number of carboxylic acids is 1. The summed E-state index contributed by atoms with van der Waals surface area (Å²) in [7, 11) is 1.72. The summed E-state index contributed by atoms with van der Waals surface area (Å²) in [6.07, 6.45) is 0.268. The number of carbonyl (C=O) groups excluding carboxylic acids is 1. The van der Waals surface area contributed by atoms with E-state index in [-0.39, 0.29) is 29.8 Å². The van der Waals surface area contributed by atoms with Gasteiger partial charge in [0.05, 0.1) is 11.1 Å². The van der Waals surface area contributed by atoms with E-state index in [1.54, 1.807) is 18.4 Å². The molecule has 0 spiro atoms. The van der Waals surface area contributed by atoms with Crippen molar-refractivity contribution in [1.29, 1.82) is 0 Å².